The first kappa shape index (κ1) is 18.0. The molecule has 1 aliphatic rings. The van der Waals surface area contributed by atoms with Crippen molar-refractivity contribution in [2.75, 3.05) is 5.32 Å². The summed E-state index contributed by atoms with van der Waals surface area (Å²) in [6.45, 7) is 1.99. The summed E-state index contributed by atoms with van der Waals surface area (Å²) in [6, 6.07) is 4.96. The second-order valence-corrected chi connectivity index (χ2v) is 6.90. The first-order chi connectivity index (χ1) is 13.6. The minimum Gasteiger partial charge on any atom is -0.478 e. The number of nitrogens with one attached hydrogen (secondary N) is 1. The molecule has 1 aliphatic carbocycles. The predicted molar refractivity (Wildman–Crippen MR) is 102 cm³/mol. The molecule has 0 amide bonds. The van der Waals surface area contributed by atoms with Crippen LogP contribution in [0.15, 0.2) is 36.9 Å². The molecule has 0 saturated heterocycles. The van der Waals surface area contributed by atoms with Crippen LogP contribution >= 0.6 is 0 Å². The summed E-state index contributed by atoms with van der Waals surface area (Å²) in [4.78, 5) is 24.2. The summed E-state index contributed by atoms with van der Waals surface area (Å²) >= 11 is 0. The standard InChI is InChI=1S/C19H21N7O2/c1-12(17-25-22-11-26(17)14-4-2-3-5-14)23-19-21-9-7-15(24-19)16-10-13(18(27)28)6-8-20-16/h6-12,14H,2-5H2,1H3,(H,27,28)(H,21,23,24)/t12-/m0/s1. The van der Waals surface area contributed by atoms with Crippen LogP contribution in [0.3, 0.4) is 0 Å². The van der Waals surface area contributed by atoms with Gasteiger partial charge < -0.3 is 15.0 Å². The Labute approximate surface area is 161 Å². The van der Waals surface area contributed by atoms with Gasteiger partial charge in [0.15, 0.2) is 5.82 Å². The normalized spacial score (nSPS) is 15.5. The number of hydrogen-bond acceptors (Lipinski definition) is 7. The Bertz CT molecular complexity index is 982. The number of aromatic nitrogens is 6. The van der Waals surface area contributed by atoms with E-state index in [9.17, 15) is 4.79 Å². The lowest BCUT2D eigenvalue weighted by Crippen LogP contribution is -2.17. The molecule has 9 nitrogen and oxygen atoms in total. The van der Waals surface area contributed by atoms with E-state index in [0.29, 0.717) is 23.4 Å². The van der Waals surface area contributed by atoms with E-state index in [1.165, 1.54) is 31.2 Å². The fourth-order valence-corrected chi connectivity index (χ4v) is 3.56. The SMILES string of the molecule is C[C@H](Nc1nccc(-c2cc(C(=O)O)ccn2)n1)c1nncn1C1CCCC1. The highest BCUT2D eigenvalue weighted by Crippen LogP contribution is 2.31. The highest BCUT2D eigenvalue weighted by molar-refractivity contribution is 5.88. The molecular formula is C19H21N7O2. The Morgan fingerprint density at radius 2 is 2.00 bits per heavy atom. The van der Waals surface area contributed by atoms with Gasteiger partial charge in [0.2, 0.25) is 5.95 Å². The van der Waals surface area contributed by atoms with Crippen molar-refractivity contribution in [3.05, 3.63) is 48.3 Å². The van der Waals surface area contributed by atoms with Gasteiger partial charge in [-0.15, -0.1) is 10.2 Å². The largest absolute Gasteiger partial charge is 0.478 e. The van der Waals surface area contributed by atoms with E-state index in [1.54, 1.807) is 18.6 Å². The predicted octanol–water partition coefficient (Wildman–Crippen LogP) is 3.12. The molecular weight excluding hydrogens is 358 g/mol. The maximum absolute atomic E-state index is 11.2. The molecule has 28 heavy (non-hydrogen) atoms. The second kappa shape index (κ2) is 7.71. The van der Waals surface area contributed by atoms with E-state index < -0.39 is 5.97 Å². The van der Waals surface area contributed by atoms with Crippen LogP contribution in [0.2, 0.25) is 0 Å². The van der Waals surface area contributed by atoms with Crippen molar-refractivity contribution in [2.45, 2.75) is 44.7 Å². The smallest absolute Gasteiger partial charge is 0.335 e. The lowest BCUT2D eigenvalue weighted by Gasteiger charge is -2.18. The van der Waals surface area contributed by atoms with Crippen LogP contribution in [0.4, 0.5) is 5.95 Å². The van der Waals surface area contributed by atoms with Gasteiger partial charge in [-0.25, -0.2) is 14.8 Å². The third-order valence-electron chi connectivity index (χ3n) is 4.98. The van der Waals surface area contributed by atoms with Gasteiger partial charge in [-0.1, -0.05) is 12.8 Å². The summed E-state index contributed by atoms with van der Waals surface area (Å²) in [7, 11) is 0. The summed E-state index contributed by atoms with van der Waals surface area (Å²) in [6.07, 6.45) is 9.64. The maximum Gasteiger partial charge on any atom is 0.335 e. The number of anilines is 1. The molecule has 1 fully saturated rings. The molecule has 0 unspecified atom stereocenters. The van der Waals surface area contributed by atoms with Crippen LogP contribution < -0.4 is 5.32 Å². The third kappa shape index (κ3) is 3.68. The van der Waals surface area contributed by atoms with Crippen molar-refractivity contribution in [1.29, 1.82) is 0 Å². The number of rotatable bonds is 6. The molecule has 9 heteroatoms. The summed E-state index contributed by atoms with van der Waals surface area (Å²) in [5.74, 6) is 0.274. The van der Waals surface area contributed by atoms with Crippen LogP contribution in [-0.2, 0) is 0 Å². The summed E-state index contributed by atoms with van der Waals surface area (Å²) < 4.78 is 2.15. The number of nitrogens with zero attached hydrogens (tertiary/aromatic N) is 6. The fourth-order valence-electron chi connectivity index (χ4n) is 3.56. The zero-order valence-corrected chi connectivity index (χ0v) is 15.5. The highest BCUT2D eigenvalue weighted by atomic mass is 16.4. The van der Waals surface area contributed by atoms with Gasteiger partial charge in [-0.2, -0.15) is 0 Å². The molecule has 1 saturated carbocycles. The Morgan fingerprint density at radius 3 is 2.79 bits per heavy atom. The quantitative estimate of drug-likeness (QED) is 0.670. The van der Waals surface area contributed by atoms with Crippen LogP contribution in [0.1, 0.15) is 60.9 Å². The fraction of sp³-hybridized carbons (Fsp3) is 0.368. The highest BCUT2D eigenvalue weighted by Gasteiger charge is 2.23. The number of aromatic carboxylic acids is 1. The molecule has 0 bridgehead atoms. The van der Waals surface area contributed by atoms with Crippen LogP contribution in [0.5, 0.6) is 0 Å². The maximum atomic E-state index is 11.2. The van der Waals surface area contributed by atoms with Gasteiger partial charge in [0, 0.05) is 18.4 Å². The molecule has 0 aliphatic heterocycles. The van der Waals surface area contributed by atoms with E-state index in [-0.39, 0.29) is 11.6 Å². The van der Waals surface area contributed by atoms with E-state index in [0.717, 1.165) is 18.7 Å². The number of carboxylic acids is 1. The lowest BCUT2D eigenvalue weighted by molar-refractivity contribution is 0.0697. The van der Waals surface area contributed by atoms with E-state index in [1.807, 2.05) is 6.92 Å². The molecule has 3 heterocycles. The average molecular weight is 379 g/mol. The molecule has 3 aromatic rings. The second-order valence-electron chi connectivity index (χ2n) is 6.90. The topological polar surface area (TPSA) is 119 Å². The van der Waals surface area contributed by atoms with Crippen molar-refractivity contribution in [3.63, 3.8) is 0 Å². The molecule has 0 spiro atoms. The first-order valence-corrected chi connectivity index (χ1v) is 9.30. The molecule has 144 valence electrons. The minimum atomic E-state index is -1.00. The van der Waals surface area contributed by atoms with Gasteiger partial charge >= 0.3 is 5.97 Å². The van der Waals surface area contributed by atoms with Gasteiger partial charge in [0.1, 0.15) is 6.33 Å². The van der Waals surface area contributed by atoms with Crippen LogP contribution in [0, 0.1) is 0 Å². The first-order valence-electron chi connectivity index (χ1n) is 9.30. The van der Waals surface area contributed by atoms with Gasteiger partial charge in [-0.05, 0) is 38.0 Å². The van der Waals surface area contributed by atoms with Crippen molar-refractivity contribution in [3.8, 4) is 11.4 Å². The Hall–Kier alpha value is -3.36. The molecule has 0 aromatic carbocycles. The van der Waals surface area contributed by atoms with Crippen LogP contribution in [-0.4, -0.2) is 40.8 Å². The minimum absolute atomic E-state index is 0.128. The van der Waals surface area contributed by atoms with E-state index >= 15 is 0 Å². The number of carboxylic acid groups (broad SMARTS) is 1. The average Bonchev–Trinajstić information content (AvgIpc) is 3.39. The number of pyridine rings is 1. The van der Waals surface area contributed by atoms with E-state index in [2.05, 4.69) is 35.0 Å². The summed E-state index contributed by atoms with van der Waals surface area (Å²) in [5, 5.41) is 20.8. The monoisotopic (exact) mass is 379 g/mol. The van der Waals surface area contributed by atoms with Crippen molar-refractivity contribution in [2.24, 2.45) is 0 Å². The number of hydrogen-bond donors (Lipinski definition) is 2. The Kier molecular flexibility index (Phi) is 4.96. The van der Waals surface area contributed by atoms with Crippen molar-refractivity contribution >= 4 is 11.9 Å². The van der Waals surface area contributed by atoms with Gasteiger partial charge in [-0.3, -0.25) is 4.98 Å². The Morgan fingerprint density at radius 1 is 1.21 bits per heavy atom. The van der Waals surface area contributed by atoms with Gasteiger partial charge in [0.05, 0.1) is 23.0 Å². The molecule has 0 radical (unpaired) electrons. The molecule has 2 N–H and O–H groups in total. The molecule has 3 aromatic heterocycles. The van der Waals surface area contributed by atoms with Crippen LogP contribution in [0.25, 0.3) is 11.4 Å². The Balaban J connectivity index is 1.55. The van der Waals surface area contributed by atoms with E-state index in [4.69, 9.17) is 5.11 Å². The zero-order chi connectivity index (χ0) is 19.5. The third-order valence-corrected chi connectivity index (χ3v) is 4.98. The zero-order valence-electron chi connectivity index (χ0n) is 15.5. The molecule has 1 atom stereocenters. The van der Waals surface area contributed by atoms with Crippen molar-refractivity contribution < 1.29 is 9.90 Å². The van der Waals surface area contributed by atoms with Crippen molar-refractivity contribution in [1.82, 2.24) is 29.7 Å². The lowest BCUT2D eigenvalue weighted by atomic mass is 10.2. The number of carbonyl (C=O) groups is 1. The molecule has 4 rings (SSSR count). The summed E-state index contributed by atoms with van der Waals surface area (Å²) in [5.41, 5.74) is 1.19. The van der Waals surface area contributed by atoms with Gasteiger partial charge in [0.25, 0.3) is 0 Å².